The number of aromatic carboxylic acids is 3. The van der Waals surface area contributed by atoms with Gasteiger partial charge in [0.05, 0.1) is 87.1 Å². The van der Waals surface area contributed by atoms with Gasteiger partial charge in [-0.15, -0.1) is 11.3 Å². The fourth-order valence-corrected chi connectivity index (χ4v) is 12.9. The maximum absolute atomic E-state index is 11.9. The summed E-state index contributed by atoms with van der Waals surface area (Å²) >= 11 is 5.58. The molecule has 0 radical (unpaired) electrons. The third-order valence-electron chi connectivity index (χ3n) is 17.2. The standard InChI is InChI=1S/C18H15NO2S.C15H13IO2.C15H13NO4.C15H15NO2.C14H11NO4.C7H4INO4.C7H5NO4.Li.H2O/c1-12-3-5-13(6-4-12)14-9-15(17-19-7-8-22-17)11-16(10-14)18(20)21-2;1-10-3-5-11(6-4-10)12-7-13(15(17)18-2)9-14(16)8-12;1-10-3-5-11(6-4-10)12-7-13(15(17)20-2)9-14(8-12)16(18)19;1-10-3-5-11(6-4-10)12-7-13(15(17)18-2)9-14(16)8-12;1-9-2-4-10(5-3-9)11-6-12(14(16)17)8-13(7-11)15(18)19;8-5-1-4(7(10)11)2-6(3-5)9(12)13;9-7(10)5-2-1-3-6(4-5)8(11)12;;/h3-11H,1-2H3;3-9H,1-2H3;3-9H,1-2H3;3-9H,16H2,1-2H3;2-8H,1H3,(H,16,17);1-3H,(H,10,11);1-4H,(H,9,10);;1H2/q;;;;;;;+1;/p-1. The number of aromatic nitrogens is 1. The Morgan fingerprint density at radius 1 is 0.331 bits per heavy atom. The second-order valence-electron chi connectivity index (χ2n) is 26.2. The van der Waals surface area contributed by atoms with E-state index >= 15 is 0 Å². The topological polar surface area (TPSA) is 459 Å². The summed E-state index contributed by atoms with van der Waals surface area (Å²) in [6.45, 7) is 10.0. The number of aryl methyl sites for hydroxylation is 5. The van der Waals surface area contributed by atoms with Gasteiger partial charge < -0.3 is 45.5 Å². The smallest absolute Gasteiger partial charge is 0.870 e. The number of carbonyl (C=O) groups is 7. The van der Waals surface area contributed by atoms with E-state index in [0.717, 1.165) is 88.0 Å². The van der Waals surface area contributed by atoms with Gasteiger partial charge in [0.15, 0.2) is 0 Å². The predicted molar refractivity (Wildman–Crippen MR) is 482 cm³/mol. The van der Waals surface area contributed by atoms with Gasteiger partial charge in [-0.2, -0.15) is 0 Å². The SMILES string of the molecule is COC(=O)c1cc(-c2ccc(C)cc2)cc(-c2nccs2)c1.COC(=O)c1cc(-c2ccc(C)cc2)cc([N+](=O)[O-])c1.COC(=O)c1cc(I)cc(-c2ccc(C)cc2)c1.COC(=O)c1cc(N)cc(-c2ccc(C)cc2)c1.Cc1ccc(-c2cc(C(=O)O)cc([N+](=O)[O-])c2)cc1.O=C(O)c1cc(I)cc([N+](=O)[O-])c1.O=C(O)c1cccc([N+](=O)[O-])c1.[Li+].[OH-]. The summed E-state index contributed by atoms with van der Waals surface area (Å²) in [4.78, 5) is 123. The van der Waals surface area contributed by atoms with Crippen LogP contribution in [0, 0.1) is 82.2 Å². The predicted octanol–water partition coefficient (Wildman–Crippen LogP) is 18.3. The minimum atomic E-state index is -1.18. The van der Waals surface area contributed by atoms with Gasteiger partial charge in [0.25, 0.3) is 22.7 Å². The minimum absolute atomic E-state index is 0. The molecule has 13 aromatic rings. The van der Waals surface area contributed by atoms with E-state index in [1.54, 1.807) is 47.9 Å². The first kappa shape index (κ1) is 101. The number of hydrogen-bond donors (Lipinski definition) is 4. The first-order chi connectivity index (χ1) is 58.0. The number of hydrogen-bond acceptors (Lipinski definition) is 23. The Labute approximate surface area is 753 Å². The Hall–Kier alpha value is -14.0. The summed E-state index contributed by atoms with van der Waals surface area (Å²) < 4.78 is 20.5. The van der Waals surface area contributed by atoms with Gasteiger partial charge in [-0.1, -0.05) is 155 Å². The van der Waals surface area contributed by atoms with Crippen LogP contribution in [0.5, 0.6) is 0 Å². The van der Waals surface area contributed by atoms with E-state index in [1.807, 2.05) is 140 Å². The molecule has 1 aromatic heterocycles. The minimum Gasteiger partial charge on any atom is -0.870 e. The molecule has 29 nitrogen and oxygen atoms in total. The number of methoxy groups -OCH3 is 4. The average molecular weight is 1920 g/mol. The number of nitro benzene ring substituents is 4. The van der Waals surface area contributed by atoms with Crippen LogP contribution in [-0.2, 0) is 18.9 Å². The van der Waals surface area contributed by atoms with Gasteiger partial charge in [0.2, 0.25) is 0 Å². The van der Waals surface area contributed by atoms with Crippen LogP contribution in [0.15, 0.2) is 266 Å². The van der Waals surface area contributed by atoms with Crippen LogP contribution >= 0.6 is 56.5 Å². The second kappa shape index (κ2) is 48.4. The van der Waals surface area contributed by atoms with E-state index in [4.69, 9.17) is 35.3 Å². The van der Waals surface area contributed by atoms with Crippen molar-refractivity contribution in [2.75, 3.05) is 34.2 Å². The van der Waals surface area contributed by atoms with Crippen molar-refractivity contribution in [2.45, 2.75) is 34.6 Å². The number of carbonyl (C=O) groups excluding carboxylic acids is 4. The van der Waals surface area contributed by atoms with Crippen LogP contribution in [0.25, 0.3) is 66.2 Å². The fraction of sp³-hybridized carbons (Fsp3) is 0.0989. The van der Waals surface area contributed by atoms with Gasteiger partial charge in [0, 0.05) is 78.5 Å². The van der Waals surface area contributed by atoms with Crippen LogP contribution in [0.1, 0.15) is 100 Å². The largest absolute Gasteiger partial charge is 1.00 e. The van der Waals surface area contributed by atoms with Crippen molar-refractivity contribution in [3.63, 3.8) is 0 Å². The van der Waals surface area contributed by atoms with E-state index < -0.39 is 43.6 Å². The monoisotopic (exact) mass is 1910 g/mol. The molecule has 0 fully saturated rings. The first-order valence-electron chi connectivity index (χ1n) is 35.9. The number of nitro groups is 4. The number of esters is 4. The van der Waals surface area contributed by atoms with Gasteiger partial charge >= 0.3 is 60.6 Å². The number of rotatable bonds is 17. The quantitative estimate of drug-likeness (QED) is 0.0125. The van der Waals surface area contributed by atoms with Gasteiger partial charge in [-0.05, 0) is 214 Å². The number of ether oxygens (including phenoxy) is 4. The van der Waals surface area contributed by atoms with E-state index in [2.05, 4.69) is 107 Å². The molecule has 0 amide bonds. The maximum atomic E-state index is 11.9. The van der Waals surface area contributed by atoms with E-state index in [1.165, 1.54) is 99.7 Å². The number of non-ortho nitro benzene ring substituents is 4. The fourth-order valence-electron chi connectivity index (χ4n) is 11.0. The molecule has 12 aromatic carbocycles. The maximum Gasteiger partial charge on any atom is 1.00 e. The van der Waals surface area contributed by atoms with Crippen molar-refractivity contribution in [1.29, 1.82) is 0 Å². The normalized spacial score (nSPS) is 9.90. The molecular formula is C91H77I2LiN6O23S. The van der Waals surface area contributed by atoms with Crippen LogP contribution in [0.2, 0.25) is 0 Å². The molecule has 0 spiro atoms. The van der Waals surface area contributed by atoms with Gasteiger partial charge in [0.1, 0.15) is 5.01 Å². The zero-order valence-electron chi connectivity index (χ0n) is 67.9. The molecule has 6 N–H and O–H groups in total. The van der Waals surface area contributed by atoms with Crippen molar-refractivity contribution in [3.05, 3.63) is 381 Å². The van der Waals surface area contributed by atoms with Crippen molar-refractivity contribution in [1.82, 2.24) is 4.98 Å². The van der Waals surface area contributed by atoms with Crippen LogP contribution in [0.3, 0.4) is 0 Å². The molecule has 0 saturated carbocycles. The molecule has 0 unspecified atom stereocenters. The van der Waals surface area contributed by atoms with Gasteiger partial charge in [-0.25, -0.2) is 38.5 Å². The third-order valence-corrected chi connectivity index (χ3v) is 19.3. The number of halogens is 2. The molecule has 630 valence electrons. The summed E-state index contributed by atoms with van der Waals surface area (Å²) in [6.07, 6.45) is 1.76. The Bertz CT molecular complexity index is 5800. The molecule has 13 rings (SSSR count). The molecule has 0 saturated heterocycles. The molecule has 0 aliphatic heterocycles. The number of carboxylic acids is 3. The van der Waals surface area contributed by atoms with Crippen molar-refractivity contribution >= 4 is 127 Å². The summed E-state index contributed by atoms with van der Waals surface area (Å²) in [5.41, 5.74) is 22.6. The number of benzene rings is 12. The number of carboxylic acid groups (broad SMARTS) is 3. The van der Waals surface area contributed by atoms with Crippen molar-refractivity contribution in [2.24, 2.45) is 0 Å². The van der Waals surface area contributed by atoms with E-state index in [0.29, 0.717) is 37.1 Å². The zero-order chi connectivity index (χ0) is 89.6. The molecule has 1 heterocycles. The number of thiazole rings is 1. The number of nitrogen functional groups attached to an aromatic ring is 1. The Balaban J connectivity index is 0.000000258. The first-order valence-corrected chi connectivity index (χ1v) is 38.9. The Morgan fingerprint density at radius 2 is 0.605 bits per heavy atom. The van der Waals surface area contributed by atoms with E-state index in [-0.39, 0.29) is 87.2 Å². The number of nitrogens with two attached hydrogens (primary N) is 1. The summed E-state index contributed by atoms with van der Waals surface area (Å²) in [5.74, 6) is -5.14. The number of anilines is 1. The van der Waals surface area contributed by atoms with Crippen LogP contribution < -0.4 is 24.6 Å². The molecule has 124 heavy (non-hydrogen) atoms. The van der Waals surface area contributed by atoms with Crippen LogP contribution in [-0.4, -0.2) is 116 Å². The number of nitrogens with zero attached hydrogens (tertiary/aromatic N) is 5. The molecule has 33 heteroatoms. The molecule has 0 bridgehead atoms. The van der Waals surface area contributed by atoms with Crippen LogP contribution in [0.4, 0.5) is 28.4 Å². The second-order valence-corrected chi connectivity index (χ2v) is 29.6. The molecule has 0 aliphatic carbocycles. The third kappa shape index (κ3) is 30.6. The summed E-state index contributed by atoms with van der Waals surface area (Å²) in [6, 6.07) is 72.8. The average Bonchev–Trinajstić information content (AvgIpc) is 1.50. The summed E-state index contributed by atoms with van der Waals surface area (Å²) in [7, 11) is 5.39. The Kier molecular flexibility index (Phi) is 39.3. The molecular weight excluding hydrogens is 1840 g/mol. The molecule has 0 aliphatic rings. The zero-order valence-corrected chi connectivity index (χ0v) is 73.1. The van der Waals surface area contributed by atoms with E-state index in [9.17, 15) is 74.0 Å². The molecule has 0 atom stereocenters. The Morgan fingerprint density at radius 3 is 0.952 bits per heavy atom. The van der Waals surface area contributed by atoms with Gasteiger partial charge in [-0.3, -0.25) is 40.5 Å². The summed E-state index contributed by atoms with van der Waals surface area (Å²) in [5, 5.41) is 71.2. The van der Waals surface area contributed by atoms with Crippen molar-refractivity contribution < 1.29 is 112 Å². The van der Waals surface area contributed by atoms with Crippen molar-refractivity contribution in [3.8, 4) is 66.2 Å².